The maximum Gasteiger partial charge on any atom is 0.321 e. The summed E-state index contributed by atoms with van der Waals surface area (Å²) in [5.74, 6) is -0.800. The Hall–Kier alpha value is -1.10. The molecular formula is C14H26N2O3. The van der Waals surface area contributed by atoms with Crippen LogP contribution < -0.4 is 0 Å². The molecular weight excluding hydrogens is 244 g/mol. The lowest BCUT2D eigenvalue weighted by atomic mass is 9.76. The first-order valence-electron chi connectivity index (χ1n) is 7.08. The number of nitrogens with zero attached hydrogens (tertiary/aromatic N) is 2. The topological polar surface area (TPSA) is 60.9 Å². The van der Waals surface area contributed by atoms with Gasteiger partial charge in [0.05, 0.1) is 6.54 Å². The van der Waals surface area contributed by atoms with Crippen LogP contribution in [0.1, 0.15) is 40.5 Å². The highest BCUT2D eigenvalue weighted by atomic mass is 16.4. The van der Waals surface area contributed by atoms with Gasteiger partial charge in [0.2, 0.25) is 5.91 Å². The number of rotatable bonds is 5. The highest BCUT2D eigenvalue weighted by Gasteiger charge is 2.43. The van der Waals surface area contributed by atoms with Gasteiger partial charge in [0.15, 0.2) is 0 Å². The molecule has 0 aliphatic carbocycles. The Morgan fingerprint density at radius 1 is 1.32 bits per heavy atom. The van der Waals surface area contributed by atoms with Crippen LogP contribution in [0.2, 0.25) is 0 Å². The van der Waals surface area contributed by atoms with Crippen molar-refractivity contribution < 1.29 is 14.7 Å². The van der Waals surface area contributed by atoms with Gasteiger partial charge in [0, 0.05) is 13.1 Å². The van der Waals surface area contributed by atoms with E-state index in [2.05, 4.69) is 0 Å². The third-order valence-electron chi connectivity index (χ3n) is 4.06. The summed E-state index contributed by atoms with van der Waals surface area (Å²) in [6.07, 6.45) is 1.84. The Bertz CT molecular complexity index is 338. The van der Waals surface area contributed by atoms with Gasteiger partial charge in [-0.05, 0) is 38.6 Å². The van der Waals surface area contributed by atoms with Crippen LogP contribution in [0.15, 0.2) is 0 Å². The second-order valence-corrected chi connectivity index (χ2v) is 5.87. The lowest BCUT2D eigenvalue weighted by molar-refractivity contribution is -0.152. The zero-order valence-corrected chi connectivity index (χ0v) is 12.5. The van der Waals surface area contributed by atoms with Gasteiger partial charge in [-0.3, -0.25) is 14.5 Å². The molecule has 1 saturated heterocycles. The van der Waals surface area contributed by atoms with Crippen LogP contribution in [0.4, 0.5) is 0 Å². The second kappa shape index (κ2) is 6.37. The van der Waals surface area contributed by atoms with Crippen LogP contribution in [0.25, 0.3) is 0 Å². The fourth-order valence-electron chi connectivity index (χ4n) is 3.01. The summed E-state index contributed by atoms with van der Waals surface area (Å²) in [4.78, 5) is 27.2. The number of aliphatic carboxylic acids is 1. The quantitative estimate of drug-likeness (QED) is 0.821. The van der Waals surface area contributed by atoms with Crippen LogP contribution in [0.3, 0.4) is 0 Å². The van der Waals surface area contributed by atoms with Gasteiger partial charge in [-0.25, -0.2) is 0 Å². The third-order valence-corrected chi connectivity index (χ3v) is 4.06. The number of amides is 1. The van der Waals surface area contributed by atoms with Crippen LogP contribution in [0, 0.1) is 5.41 Å². The summed E-state index contributed by atoms with van der Waals surface area (Å²) >= 11 is 0. The molecule has 19 heavy (non-hydrogen) atoms. The van der Waals surface area contributed by atoms with Crippen molar-refractivity contribution in [2.45, 2.75) is 46.6 Å². The van der Waals surface area contributed by atoms with E-state index >= 15 is 0 Å². The zero-order chi connectivity index (χ0) is 14.6. The molecule has 1 amide bonds. The maximum atomic E-state index is 12.1. The molecule has 1 aliphatic heterocycles. The van der Waals surface area contributed by atoms with Crippen molar-refractivity contribution in [3.63, 3.8) is 0 Å². The third kappa shape index (κ3) is 3.69. The van der Waals surface area contributed by atoms with Crippen molar-refractivity contribution in [2.24, 2.45) is 5.41 Å². The number of carbonyl (C=O) groups excluding carboxylic acids is 1. The SMILES string of the molecule is CCN(CC)C(=O)CN1CCCC(C)(C)C1C(=O)O. The largest absolute Gasteiger partial charge is 0.480 e. The molecule has 0 spiro atoms. The minimum Gasteiger partial charge on any atom is -0.480 e. The normalized spacial score (nSPS) is 23.1. The van der Waals surface area contributed by atoms with Gasteiger partial charge in [0.25, 0.3) is 0 Å². The van der Waals surface area contributed by atoms with Crippen LogP contribution in [0.5, 0.6) is 0 Å². The number of carboxylic acids is 1. The Morgan fingerprint density at radius 3 is 2.37 bits per heavy atom. The van der Waals surface area contributed by atoms with E-state index in [1.54, 1.807) is 4.90 Å². The molecule has 0 aromatic heterocycles. The first kappa shape index (κ1) is 16.0. The summed E-state index contributed by atoms with van der Waals surface area (Å²) in [6, 6.07) is -0.569. The Morgan fingerprint density at radius 2 is 1.89 bits per heavy atom. The van der Waals surface area contributed by atoms with Crippen molar-refractivity contribution in [2.75, 3.05) is 26.2 Å². The van der Waals surface area contributed by atoms with E-state index in [0.717, 1.165) is 12.8 Å². The highest BCUT2D eigenvalue weighted by molar-refractivity contribution is 5.80. The average molecular weight is 270 g/mol. The molecule has 1 atom stereocenters. The molecule has 1 aliphatic rings. The maximum absolute atomic E-state index is 12.1. The zero-order valence-electron chi connectivity index (χ0n) is 12.5. The van der Waals surface area contributed by atoms with Gasteiger partial charge < -0.3 is 10.0 Å². The van der Waals surface area contributed by atoms with E-state index in [-0.39, 0.29) is 17.9 Å². The molecule has 5 nitrogen and oxygen atoms in total. The van der Waals surface area contributed by atoms with Crippen molar-refractivity contribution in [1.82, 2.24) is 9.80 Å². The lowest BCUT2D eigenvalue weighted by Gasteiger charge is -2.44. The second-order valence-electron chi connectivity index (χ2n) is 5.87. The van der Waals surface area contributed by atoms with Gasteiger partial charge >= 0.3 is 5.97 Å². The molecule has 0 aromatic carbocycles. The predicted molar refractivity (Wildman–Crippen MR) is 73.9 cm³/mol. The van der Waals surface area contributed by atoms with Crippen LogP contribution in [-0.2, 0) is 9.59 Å². The van der Waals surface area contributed by atoms with E-state index in [1.807, 2.05) is 32.6 Å². The number of carbonyl (C=O) groups is 2. The number of piperidine rings is 1. The molecule has 0 aromatic rings. The highest BCUT2D eigenvalue weighted by Crippen LogP contribution is 2.35. The van der Waals surface area contributed by atoms with Crippen molar-refractivity contribution >= 4 is 11.9 Å². The first-order chi connectivity index (χ1) is 8.83. The van der Waals surface area contributed by atoms with Crippen molar-refractivity contribution in [3.05, 3.63) is 0 Å². The molecule has 1 N–H and O–H groups in total. The Balaban J connectivity index is 2.80. The summed E-state index contributed by atoms with van der Waals surface area (Å²) in [7, 11) is 0. The molecule has 1 rings (SSSR count). The summed E-state index contributed by atoms with van der Waals surface area (Å²) in [5, 5.41) is 9.44. The molecule has 0 bridgehead atoms. The molecule has 1 unspecified atom stereocenters. The Kier molecular flexibility index (Phi) is 5.35. The molecule has 5 heteroatoms. The fraction of sp³-hybridized carbons (Fsp3) is 0.857. The number of likely N-dealkylation sites (N-methyl/N-ethyl adjacent to an activating group) is 1. The van der Waals surface area contributed by atoms with E-state index in [0.29, 0.717) is 19.6 Å². The minimum absolute atomic E-state index is 0.0222. The molecule has 110 valence electrons. The summed E-state index contributed by atoms with van der Waals surface area (Å²) in [6.45, 7) is 10.1. The van der Waals surface area contributed by atoms with E-state index in [4.69, 9.17) is 0 Å². The molecule has 1 heterocycles. The van der Waals surface area contributed by atoms with Gasteiger partial charge in [-0.1, -0.05) is 13.8 Å². The smallest absolute Gasteiger partial charge is 0.321 e. The summed E-state index contributed by atoms with van der Waals surface area (Å²) in [5.41, 5.74) is -0.284. The predicted octanol–water partition coefficient (Wildman–Crippen LogP) is 1.43. The first-order valence-corrected chi connectivity index (χ1v) is 7.08. The number of likely N-dealkylation sites (tertiary alicyclic amines) is 1. The molecule has 0 radical (unpaired) electrons. The number of hydrogen-bond acceptors (Lipinski definition) is 3. The van der Waals surface area contributed by atoms with Gasteiger partial charge in [-0.15, -0.1) is 0 Å². The van der Waals surface area contributed by atoms with Crippen LogP contribution >= 0.6 is 0 Å². The van der Waals surface area contributed by atoms with E-state index < -0.39 is 12.0 Å². The van der Waals surface area contributed by atoms with Crippen LogP contribution in [-0.4, -0.2) is 59.0 Å². The lowest BCUT2D eigenvalue weighted by Crippen LogP contribution is -2.56. The van der Waals surface area contributed by atoms with Crippen molar-refractivity contribution in [1.29, 1.82) is 0 Å². The molecule has 0 saturated carbocycles. The standard InChI is InChI=1S/C14H26N2O3/c1-5-15(6-2)11(17)10-16-9-7-8-14(3,4)12(16)13(18)19/h12H,5-10H2,1-4H3,(H,18,19). The molecule has 1 fully saturated rings. The monoisotopic (exact) mass is 270 g/mol. The van der Waals surface area contributed by atoms with E-state index in [1.165, 1.54) is 0 Å². The minimum atomic E-state index is -0.822. The number of carboxylic acid groups (broad SMARTS) is 1. The average Bonchev–Trinajstić information content (AvgIpc) is 2.28. The fourth-order valence-corrected chi connectivity index (χ4v) is 3.01. The van der Waals surface area contributed by atoms with Gasteiger partial charge in [-0.2, -0.15) is 0 Å². The van der Waals surface area contributed by atoms with Crippen molar-refractivity contribution in [3.8, 4) is 0 Å². The Labute approximate surface area is 115 Å². The van der Waals surface area contributed by atoms with E-state index in [9.17, 15) is 14.7 Å². The van der Waals surface area contributed by atoms with Gasteiger partial charge in [0.1, 0.15) is 6.04 Å². The number of hydrogen-bond donors (Lipinski definition) is 1. The summed E-state index contributed by atoms with van der Waals surface area (Å²) < 4.78 is 0.